The summed E-state index contributed by atoms with van der Waals surface area (Å²) in [6.07, 6.45) is -0.342. The van der Waals surface area contributed by atoms with E-state index in [1.54, 1.807) is 9.80 Å². The summed E-state index contributed by atoms with van der Waals surface area (Å²) in [7, 11) is 0. The number of ether oxygens (including phenoxy) is 1. The molecule has 2 saturated heterocycles. The number of pyridine rings is 1. The molecule has 0 spiro atoms. The van der Waals surface area contributed by atoms with E-state index in [-0.39, 0.29) is 43.9 Å². The van der Waals surface area contributed by atoms with E-state index in [1.165, 1.54) is 17.0 Å². The number of halogens is 2. The number of nitriles is 2. The van der Waals surface area contributed by atoms with Gasteiger partial charge in [0.1, 0.15) is 24.0 Å². The van der Waals surface area contributed by atoms with E-state index in [9.17, 15) is 24.1 Å². The smallest absolute Gasteiger partial charge is 0.246 e. The van der Waals surface area contributed by atoms with Crippen LogP contribution in [0.1, 0.15) is 35.2 Å². The quantitative estimate of drug-likeness (QED) is 0.242. The number of carbonyl (C=O) groups excluding carboxylic acids is 1. The lowest BCUT2D eigenvalue weighted by Crippen LogP contribution is -2.55. The van der Waals surface area contributed by atoms with Crippen LogP contribution < -0.4 is 14.5 Å². The monoisotopic (exact) mass is 639 g/mol. The number of alkyl halides is 2. The van der Waals surface area contributed by atoms with Gasteiger partial charge in [0.25, 0.3) is 0 Å². The standard InChI is InChI=1S/C36H39F2N7O2/c1-3-33(46)45-17-16-44(20-26(45)11-13-39)35-27-12-15-43(32-10-5-9-25-8-4-7-24(2)34(25)32)23-31(27)41-36(28(35)19-40)47-18-6-14-42-21-29(37)30(38)22-42/h3-5,7-10,26,29-30H,1,6,11-12,14-18,20-23H2,2H3/t26-,29-,30+/m0/s1. The number of benzene rings is 2. The number of amides is 1. The zero-order valence-electron chi connectivity index (χ0n) is 26.7. The van der Waals surface area contributed by atoms with E-state index >= 15 is 0 Å². The summed E-state index contributed by atoms with van der Waals surface area (Å²) in [4.78, 5) is 25.4. The molecule has 244 valence electrons. The van der Waals surface area contributed by atoms with Crippen molar-refractivity contribution < 1.29 is 18.3 Å². The topological polar surface area (TPSA) is 99.7 Å². The molecule has 3 atom stereocenters. The number of carbonyl (C=O) groups is 1. The van der Waals surface area contributed by atoms with E-state index in [1.807, 2.05) is 0 Å². The number of hydrogen-bond acceptors (Lipinski definition) is 8. The fourth-order valence-electron chi connectivity index (χ4n) is 7.25. The molecule has 2 aromatic carbocycles. The van der Waals surface area contributed by atoms with Gasteiger partial charge in [-0.15, -0.1) is 0 Å². The van der Waals surface area contributed by atoms with Gasteiger partial charge in [-0.05, 0) is 42.9 Å². The van der Waals surface area contributed by atoms with Crippen molar-refractivity contribution in [2.45, 2.75) is 51.1 Å². The molecule has 3 aliphatic heterocycles. The summed E-state index contributed by atoms with van der Waals surface area (Å²) in [6, 6.07) is 16.8. The third-order valence-corrected chi connectivity index (χ3v) is 9.54. The van der Waals surface area contributed by atoms with Gasteiger partial charge < -0.3 is 19.4 Å². The SMILES string of the molecule is C=CC(=O)N1CCN(c2c(C#N)c(OCCCN3C[C@@H](F)[C@@H](F)C3)nc3c2CCN(c2cccc4cccc(C)c24)C3)C[C@@H]1CC#N. The molecule has 11 heteroatoms. The Morgan fingerprint density at radius 1 is 1.09 bits per heavy atom. The van der Waals surface area contributed by atoms with Crippen LogP contribution in [0.4, 0.5) is 20.2 Å². The van der Waals surface area contributed by atoms with Crippen LogP contribution in [0.25, 0.3) is 10.8 Å². The number of aromatic nitrogens is 1. The second-order valence-corrected chi connectivity index (χ2v) is 12.5. The molecule has 0 unspecified atom stereocenters. The van der Waals surface area contributed by atoms with Crippen molar-refractivity contribution in [1.82, 2.24) is 14.8 Å². The molecular formula is C36H39F2N7O2. The summed E-state index contributed by atoms with van der Waals surface area (Å²) >= 11 is 0. The van der Waals surface area contributed by atoms with E-state index in [4.69, 9.17) is 9.72 Å². The second-order valence-electron chi connectivity index (χ2n) is 12.5. The molecule has 0 radical (unpaired) electrons. The first-order chi connectivity index (χ1) is 22.8. The van der Waals surface area contributed by atoms with Crippen LogP contribution in [0, 0.1) is 29.6 Å². The minimum atomic E-state index is -1.47. The normalized spacial score (nSPS) is 21.3. The summed E-state index contributed by atoms with van der Waals surface area (Å²) in [6.45, 7) is 9.06. The molecule has 0 bridgehead atoms. The van der Waals surface area contributed by atoms with Crippen molar-refractivity contribution in [2.24, 2.45) is 0 Å². The molecule has 2 fully saturated rings. The number of aryl methyl sites for hydroxylation is 1. The number of anilines is 2. The Hall–Kier alpha value is -4.74. The third kappa shape index (κ3) is 6.45. The maximum absolute atomic E-state index is 13.7. The minimum absolute atomic E-state index is 0.0690. The van der Waals surface area contributed by atoms with Crippen LogP contribution in [0.2, 0.25) is 0 Å². The molecule has 0 aliphatic carbocycles. The predicted molar refractivity (Wildman–Crippen MR) is 177 cm³/mol. The molecule has 4 heterocycles. The van der Waals surface area contributed by atoms with E-state index < -0.39 is 12.3 Å². The molecule has 3 aromatic rings. The van der Waals surface area contributed by atoms with Crippen LogP contribution in [0.15, 0.2) is 49.1 Å². The van der Waals surface area contributed by atoms with Gasteiger partial charge in [0, 0.05) is 62.5 Å². The average Bonchev–Trinajstić information content (AvgIpc) is 3.41. The fourth-order valence-corrected chi connectivity index (χ4v) is 7.25. The maximum atomic E-state index is 13.7. The Balaban J connectivity index is 1.33. The Morgan fingerprint density at radius 2 is 1.85 bits per heavy atom. The van der Waals surface area contributed by atoms with E-state index in [2.05, 4.69) is 71.8 Å². The van der Waals surface area contributed by atoms with Crippen LogP contribution >= 0.6 is 0 Å². The number of piperazine rings is 1. The van der Waals surface area contributed by atoms with Crippen molar-refractivity contribution >= 4 is 28.1 Å². The van der Waals surface area contributed by atoms with Gasteiger partial charge in [-0.25, -0.2) is 13.8 Å². The highest BCUT2D eigenvalue weighted by atomic mass is 19.2. The number of likely N-dealkylation sites (tertiary alicyclic amines) is 1. The van der Waals surface area contributed by atoms with Crippen LogP contribution in [-0.4, -0.2) is 91.5 Å². The van der Waals surface area contributed by atoms with Crippen molar-refractivity contribution in [1.29, 1.82) is 10.5 Å². The zero-order valence-corrected chi connectivity index (χ0v) is 26.7. The van der Waals surface area contributed by atoms with Crippen molar-refractivity contribution in [3.05, 3.63) is 71.4 Å². The van der Waals surface area contributed by atoms with E-state index in [0.717, 1.165) is 34.6 Å². The van der Waals surface area contributed by atoms with Crippen LogP contribution in [-0.2, 0) is 17.8 Å². The Morgan fingerprint density at radius 3 is 2.57 bits per heavy atom. The van der Waals surface area contributed by atoms with Gasteiger partial charge in [0.2, 0.25) is 11.8 Å². The first-order valence-corrected chi connectivity index (χ1v) is 16.2. The highest BCUT2D eigenvalue weighted by Crippen LogP contribution is 2.40. The van der Waals surface area contributed by atoms with Gasteiger partial charge in [-0.2, -0.15) is 10.5 Å². The van der Waals surface area contributed by atoms with Gasteiger partial charge in [-0.1, -0.05) is 36.9 Å². The molecule has 47 heavy (non-hydrogen) atoms. The second kappa shape index (κ2) is 13.9. The van der Waals surface area contributed by atoms with Gasteiger partial charge in [0.15, 0.2) is 0 Å². The molecule has 0 N–H and O–H groups in total. The average molecular weight is 640 g/mol. The van der Waals surface area contributed by atoms with Gasteiger partial charge in [0.05, 0.1) is 43.1 Å². The number of nitrogens with zero attached hydrogens (tertiary/aromatic N) is 7. The molecule has 9 nitrogen and oxygen atoms in total. The molecule has 3 aliphatic rings. The Kier molecular flexibility index (Phi) is 9.55. The summed E-state index contributed by atoms with van der Waals surface area (Å²) in [5.41, 5.74) is 5.16. The highest BCUT2D eigenvalue weighted by molar-refractivity contribution is 5.97. The summed E-state index contributed by atoms with van der Waals surface area (Å²) in [5, 5.41) is 22.5. The maximum Gasteiger partial charge on any atom is 0.246 e. The Bertz CT molecular complexity index is 1740. The molecule has 1 aromatic heterocycles. The number of fused-ring (bicyclic) bond motifs is 2. The number of rotatable bonds is 9. The third-order valence-electron chi connectivity index (χ3n) is 9.54. The van der Waals surface area contributed by atoms with Crippen LogP contribution in [0.3, 0.4) is 0 Å². The summed E-state index contributed by atoms with van der Waals surface area (Å²) < 4.78 is 33.6. The minimum Gasteiger partial charge on any atom is -0.477 e. The zero-order chi connectivity index (χ0) is 33.1. The highest BCUT2D eigenvalue weighted by Gasteiger charge is 2.35. The first kappa shape index (κ1) is 32.2. The number of hydrogen-bond donors (Lipinski definition) is 0. The van der Waals surface area contributed by atoms with Gasteiger partial charge >= 0.3 is 0 Å². The molecule has 6 rings (SSSR count). The van der Waals surface area contributed by atoms with Crippen LogP contribution in [0.5, 0.6) is 5.88 Å². The fraction of sp³-hybridized carbons (Fsp3) is 0.444. The largest absolute Gasteiger partial charge is 0.477 e. The summed E-state index contributed by atoms with van der Waals surface area (Å²) in [5.74, 6) is 0.00941. The Labute approximate surface area is 274 Å². The van der Waals surface area contributed by atoms with Crippen molar-refractivity contribution in [3.63, 3.8) is 0 Å². The van der Waals surface area contributed by atoms with Crippen molar-refractivity contribution in [2.75, 3.05) is 62.2 Å². The lowest BCUT2D eigenvalue weighted by atomic mass is 9.95. The van der Waals surface area contributed by atoms with Crippen molar-refractivity contribution in [3.8, 4) is 18.0 Å². The van der Waals surface area contributed by atoms with Gasteiger partial charge in [-0.3, -0.25) is 9.69 Å². The lowest BCUT2D eigenvalue weighted by molar-refractivity contribution is -0.128. The molecular weight excluding hydrogens is 600 g/mol. The first-order valence-electron chi connectivity index (χ1n) is 16.2. The molecule has 0 saturated carbocycles. The molecule has 1 amide bonds. The lowest BCUT2D eigenvalue weighted by Gasteiger charge is -2.43. The predicted octanol–water partition coefficient (Wildman–Crippen LogP) is 4.86. The van der Waals surface area contributed by atoms with E-state index in [0.29, 0.717) is 51.1 Å².